The molecule has 28 heavy (non-hydrogen) atoms. The van der Waals surface area contributed by atoms with Crippen LogP contribution in [0.25, 0.3) is 16.7 Å². The summed E-state index contributed by atoms with van der Waals surface area (Å²) in [5.41, 5.74) is 3.42. The lowest BCUT2D eigenvalue weighted by Gasteiger charge is -2.31. The van der Waals surface area contributed by atoms with Crippen molar-refractivity contribution in [2.45, 2.75) is 44.8 Å². The molecular formula is C23H23ClO4. The highest BCUT2D eigenvalue weighted by Crippen LogP contribution is 2.45. The van der Waals surface area contributed by atoms with Crippen LogP contribution in [0.2, 0.25) is 5.02 Å². The number of ether oxygens (including phenoxy) is 2. The van der Waals surface area contributed by atoms with Crippen molar-refractivity contribution in [2.75, 3.05) is 7.11 Å². The number of fused-ring (bicyclic) bond motifs is 2. The van der Waals surface area contributed by atoms with Gasteiger partial charge in [-0.15, -0.1) is 0 Å². The fourth-order valence-corrected chi connectivity index (χ4v) is 4.34. The molecule has 1 saturated heterocycles. The van der Waals surface area contributed by atoms with Crippen LogP contribution in [0.15, 0.2) is 42.2 Å². The topological polar surface area (TPSA) is 55.8 Å². The second kappa shape index (κ2) is 6.94. The Bertz CT molecular complexity index is 994. The third-order valence-corrected chi connectivity index (χ3v) is 6.11. The molecule has 2 aliphatic rings. The van der Waals surface area contributed by atoms with E-state index in [1.165, 1.54) is 0 Å². The van der Waals surface area contributed by atoms with E-state index in [-0.39, 0.29) is 11.5 Å². The van der Waals surface area contributed by atoms with Crippen LogP contribution in [-0.2, 0) is 16.0 Å². The molecule has 1 N–H and O–H groups in total. The zero-order valence-corrected chi connectivity index (χ0v) is 17.0. The van der Waals surface area contributed by atoms with E-state index in [1.807, 2.05) is 44.2 Å². The summed E-state index contributed by atoms with van der Waals surface area (Å²) >= 11 is 6.14. The molecular weight excluding hydrogens is 376 g/mol. The Balaban J connectivity index is 1.82. The Labute approximate surface area is 169 Å². The summed E-state index contributed by atoms with van der Waals surface area (Å²) in [6.07, 6.45) is 1.58. The summed E-state index contributed by atoms with van der Waals surface area (Å²) in [6, 6.07) is 11.6. The van der Waals surface area contributed by atoms with E-state index in [1.54, 1.807) is 7.11 Å². The number of benzene rings is 2. The van der Waals surface area contributed by atoms with E-state index in [4.69, 9.17) is 21.1 Å². The number of rotatable bonds is 4. The first kappa shape index (κ1) is 19.0. The molecule has 146 valence electrons. The molecule has 2 aromatic carbocycles. The van der Waals surface area contributed by atoms with E-state index in [0.29, 0.717) is 29.2 Å². The van der Waals surface area contributed by atoms with Gasteiger partial charge in [0, 0.05) is 0 Å². The standard InChI is InChI=1S/C23H23ClO4/c1-4-13-11-14(15-6-8-17(24)19(12-15)27-3)5-7-16(13)20-21(25)18-9-10-23(2,28-18)22(20)26/h5-8,11-12,18,26H,4,9-10H2,1-3H3/t18-,23-/m1/s1. The quantitative estimate of drug-likeness (QED) is 0.752. The number of methoxy groups -OCH3 is 1. The van der Waals surface area contributed by atoms with E-state index in [0.717, 1.165) is 28.7 Å². The number of aliphatic hydroxyl groups is 1. The average molecular weight is 399 g/mol. The summed E-state index contributed by atoms with van der Waals surface area (Å²) in [4.78, 5) is 12.9. The first-order valence-corrected chi connectivity index (χ1v) is 9.88. The minimum Gasteiger partial charge on any atom is -0.508 e. The SMILES string of the molecule is CCc1cc(-c2ccc(Cl)c(OC)c2)ccc1C1=C(O)[C@@]2(C)CC[C@@H](O2)C1=O. The number of aryl methyl sites for hydroxylation is 1. The Morgan fingerprint density at radius 3 is 2.68 bits per heavy atom. The monoisotopic (exact) mass is 398 g/mol. The number of aliphatic hydroxyl groups excluding tert-OH is 1. The molecule has 0 spiro atoms. The number of halogens is 1. The number of ketones is 1. The van der Waals surface area contributed by atoms with Gasteiger partial charge in [0.1, 0.15) is 23.2 Å². The van der Waals surface area contributed by atoms with E-state index in [9.17, 15) is 9.90 Å². The molecule has 0 saturated carbocycles. The molecule has 4 rings (SSSR count). The largest absolute Gasteiger partial charge is 0.508 e. The molecule has 0 radical (unpaired) electrons. The number of hydrogen-bond donors (Lipinski definition) is 1. The van der Waals surface area contributed by atoms with Crippen molar-refractivity contribution in [3.63, 3.8) is 0 Å². The smallest absolute Gasteiger partial charge is 0.195 e. The third-order valence-electron chi connectivity index (χ3n) is 5.80. The summed E-state index contributed by atoms with van der Waals surface area (Å²) in [5, 5.41) is 11.4. The fraction of sp³-hybridized carbons (Fsp3) is 0.348. The van der Waals surface area contributed by atoms with Gasteiger partial charge >= 0.3 is 0 Å². The van der Waals surface area contributed by atoms with E-state index < -0.39 is 11.7 Å². The van der Waals surface area contributed by atoms with Gasteiger partial charge in [-0.05, 0) is 60.6 Å². The lowest BCUT2D eigenvalue weighted by Crippen LogP contribution is -2.37. The molecule has 2 aliphatic heterocycles. The van der Waals surface area contributed by atoms with Gasteiger partial charge in [-0.2, -0.15) is 0 Å². The molecule has 2 heterocycles. The normalized spacial score (nSPS) is 24.0. The molecule has 1 fully saturated rings. The van der Waals surface area contributed by atoms with Crippen molar-refractivity contribution in [1.82, 2.24) is 0 Å². The van der Waals surface area contributed by atoms with Gasteiger partial charge in [0.25, 0.3) is 0 Å². The van der Waals surface area contributed by atoms with Gasteiger partial charge in [0.2, 0.25) is 0 Å². The summed E-state index contributed by atoms with van der Waals surface area (Å²) in [6.45, 7) is 3.90. The third kappa shape index (κ3) is 2.92. The van der Waals surface area contributed by atoms with Gasteiger partial charge in [-0.3, -0.25) is 4.79 Å². The molecule has 4 nitrogen and oxygen atoms in total. The minimum absolute atomic E-state index is 0.0573. The minimum atomic E-state index is -0.763. The predicted octanol–water partition coefficient (Wildman–Crippen LogP) is 5.37. The predicted molar refractivity (Wildman–Crippen MR) is 110 cm³/mol. The van der Waals surface area contributed by atoms with Gasteiger partial charge in [0.15, 0.2) is 5.78 Å². The highest BCUT2D eigenvalue weighted by molar-refractivity contribution is 6.32. The number of Topliss-reactive ketones (excluding diaryl/α,β-unsaturated/α-hetero) is 1. The van der Waals surface area contributed by atoms with E-state index >= 15 is 0 Å². The first-order chi connectivity index (χ1) is 13.4. The Morgan fingerprint density at radius 2 is 1.96 bits per heavy atom. The van der Waals surface area contributed by atoms with Crippen molar-refractivity contribution in [1.29, 1.82) is 0 Å². The van der Waals surface area contributed by atoms with Crippen molar-refractivity contribution in [2.24, 2.45) is 0 Å². The summed E-state index contributed by atoms with van der Waals surface area (Å²) < 4.78 is 11.1. The highest BCUT2D eigenvalue weighted by atomic mass is 35.5. The lowest BCUT2D eigenvalue weighted by atomic mass is 9.87. The number of hydrogen-bond acceptors (Lipinski definition) is 4. The molecule has 2 atom stereocenters. The fourth-order valence-electron chi connectivity index (χ4n) is 4.15. The maximum absolute atomic E-state index is 12.9. The van der Waals surface area contributed by atoms with Crippen molar-refractivity contribution in [3.05, 3.63) is 58.3 Å². The Morgan fingerprint density at radius 1 is 1.25 bits per heavy atom. The van der Waals surface area contributed by atoms with Crippen molar-refractivity contribution >= 4 is 23.0 Å². The van der Waals surface area contributed by atoms with Gasteiger partial charge in [-0.25, -0.2) is 0 Å². The molecule has 5 heteroatoms. The second-order valence-corrected chi connectivity index (χ2v) is 7.95. The molecule has 0 aromatic heterocycles. The Hall–Kier alpha value is -2.30. The van der Waals surface area contributed by atoms with Crippen LogP contribution in [0.5, 0.6) is 5.75 Å². The number of carbonyl (C=O) groups excluding carboxylic acids is 1. The average Bonchev–Trinajstić information content (AvgIpc) is 3.08. The van der Waals surface area contributed by atoms with Crippen LogP contribution in [0.1, 0.15) is 37.8 Å². The van der Waals surface area contributed by atoms with Crippen LogP contribution < -0.4 is 4.74 Å². The van der Waals surface area contributed by atoms with E-state index in [2.05, 4.69) is 6.07 Å². The van der Waals surface area contributed by atoms with Gasteiger partial charge in [-0.1, -0.05) is 42.8 Å². The molecule has 2 aromatic rings. The molecule has 0 aliphatic carbocycles. The molecule has 0 unspecified atom stereocenters. The lowest BCUT2D eigenvalue weighted by molar-refractivity contribution is -0.130. The number of carbonyl (C=O) groups is 1. The van der Waals surface area contributed by atoms with Crippen molar-refractivity contribution in [3.8, 4) is 16.9 Å². The van der Waals surface area contributed by atoms with Crippen LogP contribution in [-0.4, -0.2) is 29.7 Å². The summed E-state index contributed by atoms with van der Waals surface area (Å²) in [5.74, 6) is 0.552. The van der Waals surface area contributed by atoms with Crippen LogP contribution in [0, 0.1) is 0 Å². The van der Waals surface area contributed by atoms with Crippen LogP contribution in [0.3, 0.4) is 0 Å². The van der Waals surface area contributed by atoms with Gasteiger partial charge in [0.05, 0.1) is 17.7 Å². The van der Waals surface area contributed by atoms with Crippen LogP contribution in [0.4, 0.5) is 0 Å². The molecule has 0 amide bonds. The zero-order chi connectivity index (χ0) is 20.1. The summed E-state index contributed by atoms with van der Waals surface area (Å²) in [7, 11) is 1.59. The van der Waals surface area contributed by atoms with Crippen LogP contribution >= 0.6 is 11.6 Å². The maximum Gasteiger partial charge on any atom is 0.195 e. The highest BCUT2D eigenvalue weighted by Gasteiger charge is 2.50. The Kier molecular flexibility index (Phi) is 4.72. The first-order valence-electron chi connectivity index (χ1n) is 9.51. The maximum atomic E-state index is 12.9. The van der Waals surface area contributed by atoms with Gasteiger partial charge < -0.3 is 14.6 Å². The van der Waals surface area contributed by atoms with Crippen molar-refractivity contribution < 1.29 is 19.4 Å². The molecule has 2 bridgehead atoms. The zero-order valence-electron chi connectivity index (χ0n) is 16.2. The second-order valence-electron chi connectivity index (χ2n) is 7.54.